The van der Waals surface area contributed by atoms with Gasteiger partial charge in [0.15, 0.2) is 0 Å². The molecular formula is C17H26O6. The molecule has 0 amide bonds. The molecule has 0 radical (unpaired) electrons. The van der Waals surface area contributed by atoms with Crippen molar-refractivity contribution in [2.24, 2.45) is 11.8 Å². The third-order valence-corrected chi connectivity index (χ3v) is 4.48. The van der Waals surface area contributed by atoms with Crippen LogP contribution in [-0.2, 0) is 23.8 Å². The van der Waals surface area contributed by atoms with Gasteiger partial charge in [0.2, 0.25) is 5.76 Å². The average molecular weight is 326 g/mol. The molecule has 0 saturated heterocycles. The number of carbonyl (C=O) groups is 2. The Bertz CT molecular complexity index is 466. The van der Waals surface area contributed by atoms with Crippen molar-refractivity contribution in [2.45, 2.75) is 58.2 Å². The van der Waals surface area contributed by atoms with Crippen LogP contribution in [0.15, 0.2) is 11.8 Å². The van der Waals surface area contributed by atoms with E-state index in [0.29, 0.717) is 5.92 Å². The quantitative estimate of drug-likeness (QED) is 0.781. The summed E-state index contributed by atoms with van der Waals surface area (Å²) in [6.07, 6.45) is 7.33. The first-order valence-electron chi connectivity index (χ1n) is 8.47. The molecule has 0 spiro atoms. The zero-order valence-electron chi connectivity index (χ0n) is 13.9. The molecule has 6 nitrogen and oxygen atoms in total. The van der Waals surface area contributed by atoms with E-state index in [1.807, 2.05) is 0 Å². The van der Waals surface area contributed by atoms with Crippen molar-refractivity contribution >= 4 is 11.9 Å². The first-order valence-corrected chi connectivity index (χ1v) is 8.47. The number of hydrogen-bond acceptors (Lipinski definition) is 6. The maximum atomic E-state index is 12.1. The van der Waals surface area contributed by atoms with Crippen LogP contribution in [0.5, 0.6) is 0 Å². The maximum absolute atomic E-state index is 12.1. The van der Waals surface area contributed by atoms with Crippen LogP contribution in [0.25, 0.3) is 0 Å². The van der Waals surface area contributed by atoms with Crippen molar-refractivity contribution in [1.29, 1.82) is 0 Å². The maximum Gasteiger partial charge on any atom is 0.379 e. The fourth-order valence-electron chi connectivity index (χ4n) is 3.38. The molecule has 1 fully saturated rings. The predicted octanol–water partition coefficient (Wildman–Crippen LogP) is 2.30. The summed E-state index contributed by atoms with van der Waals surface area (Å²) in [4.78, 5) is 24.1. The third-order valence-electron chi connectivity index (χ3n) is 4.48. The van der Waals surface area contributed by atoms with Crippen molar-refractivity contribution in [1.82, 2.24) is 0 Å². The lowest BCUT2D eigenvalue weighted by molar-refractivity contribution is -0.228. The molecule has 2 rings (SSSR count). The van der Waals surface area contributed by atoms with Gasteiger partial charge in [-0.3, -0.25) is 0 Å². The molecule has 0 bridgehead atoms. The van der Waals surface area contributed by atoms with E-state index in [2.05, 4.69) is 0 Å². The predicted molar refractivity (Wildman–Crippen MR) is 82.1 cm³/mol. The molecule has 1 heterocycles. The highest BCUT2D eigenvalue weighted by Gasteiger charge is 2.48. The van der Waals surface area contributed by atoms with Gasteiger partial charge in [-0.2, -0.15) is 0 Å². The Balaban J connectivity index is 2.23. The van der Waals surface area contributed by atoms with Crippen LogP contribution in [0.3, 0.4) is 0 Å². The number of aliphatic hydroxyl groups is 1. The van der Waals surface area contributed by atoms with Crippen LogP contribution in [0.2, 0.25) is 0 Å². The Morgan fingerprint density at radius 3 is 2.48 bits per heavy atom. The summed E-state index contributed by atoms with van der Waals surface area (Å²) in [5.41, 5.74) is 0. The second kappa shape index (κ2) is 7.81. The number of allylic oxidation sites excluding steroid dienone is 1. The largest absolute Gasteiger partial charge is 0.461 e. The van der Waals surface area contributed by atoms with Crippen molar-refractivity contribution < 1.29 is 28.9 Å². The lowest BCUT2D eigenvalue weighted by Crippen LogP contribution is -2.48. The standard InChI is InChI=1S/C17H26O6/c1-3-21-15(18)14-10-13(12-8-6-5-7-9-12)11-17(20,23-14)16(19)22-4-2/h10,12-13,20H,3-9,11H2,1-2H3/t13?,17-/m1/s1. The van der Waals surface area contributed by atoms with E-state index in [4.69, 9.17) is 14.2 Å². The Kier molecular flexibility index (Phi) is 6.04. The molecule has 2 aliphatic rings. The number of carbonyl (C=O) groups excluding carboxylic acids is 2. The molecule has 1 N–H and O–H groups in total. The summed E-state index contributed by atoms with van der Waals surface area (Å²) in [5, 5.41) is 10.6. The molecule has 130 valence electrons. The van der Waals surface area contributed by atoms with E-state index in [1.54, 1.807) is 19.9 Å². The zero-order chi connectivity index (χ0) is 16.9. The van der Waals surface area contributed by atoms with E-state index >= 15 is 0 Å². The highest BCUT2D eigenvalue weighted by Crippen LogP contribution is 2.40. The van der Waals surface area contributed by atoms with Crippen molar-refractivity contribution in [3.63, 3.8) is 0 Å². The van der Waals surface area contributed by atoms with Gasteiger partial charge in [-0.15, -0.1) is 0 Å². The van der Waals surface area contributed by atoms with Crippen LogP contribution < -0.4 is 0 Å². The molecule has 2 atom stereocenters. The zero-order valence-corrected chi connectivity index (χ0v) is 13.9. The average Bonchev–Trinajstić information content (AvgIpc) is 2.55. The van der Waals surface area contributed by atoms with Gasteiger partial charge >= 0.3 is 17.7 Å². The fourth-order valence-corrected chi connectivity index (χ4v) is 3.38. The second-order valence-corrected chi connectivity index (χ2v) is 6.12. The number of ether oxygens (including phenoxy) is 3. The van der Waals surface area contributed by atoms with Crippen molar-refractivity contribution in [2.75, 3.05) is 13.2 Å². The van der Waals surface area contributed by atoms with Gasteiger partial charge in [-0.1, -0.05) is 19.3 Å². The molecule has 0 aromatic carbocycles. The fraction of sp³-hybridized carbons (Fsp3) is 0.765. The Morgan fingerprint density at radius 1 is 1.22 bits per heavy atom. The van der Waals surface area contributed by atoms with Gasteiger partial charge in [0.25, 0.3) is 0 Å². The van der Waals surface area contributed by atoms with Crippen LogP contribution in [0.1, 0.15) is 52.4 Å². The van der Waals surface area contributed by atoms with E-state index in [0.717, 1.165) is 25.7 Å². The molecule has 1 aliphatic carbocycles. The highest BCUT2D eigenvalue weighted by molar-refractivity contribution is 5.88. The SMILES string of the molecule is CCOC(=O)C1=CC(C2CCCCC2)C[C@](O)(C(=O)OCC)O1. The number of rotatable bonds is 5. The van der Waals surface area contributed by atoms with Gasteiger partial charge in [-0.05, 0) is 44.6 Å². The highest BCUT2D eigenvalue weighted by atomic mass is 16.7. The smallest absolute Gasteiger partial charge is 0.379 e. The van der Waals surface area contributed by atoms with E-state index in [-0.39, 0.29) is 31.3 Å². The summed E-state index contributed by atoms with van der Waals surface area (Å²) in [7, 11) is 0. The second-order valence-electron chi connectivity index (χ2n) is 6.12. The summed E-state index contributed by atoms with van der Waals surface area (Å²) in [6.45, 7) is 3.69. The van der Waals surface area contributed by atoms with Gasteiger partial charge in [0.1, 0.15) is 0 Å². The van der Waals surface area contributed by atoms with E-state index < -0.39 is 17.7 Å². The number of hydrogen-bond donors (Lipinski definition) is 1. The van der Waals surface area contributed by atoms with Gasteiger partial charge < -0.3 is 19.3 Å². The summed E-state index contributed by atoms with van der Waals surface area (Å²) >= 11 is 0. The lowest BCUT2D eigenvalue weighted by Gasteiger charge is -2.38. The van der Waals surface area contributed by atoms with Gasteiger partial charge in [-0.25, -0.2) is 9.59 Å². The molecule has 1 saturated carbocycles. The first-order chi connectivity index (χ1) is 11.0. The minimum Gasteiger partial charge on any atom is -0.461 e. The van der Waals surface area contributed by atoms with Crippen LogP contribution in [0, 0.1) is 11.8 Å². The Hall–Kier alpha value is -1.56. The van der Waals surface area contributed by atoms with Gasteiger partial charge in [0.05, 0.1) is 13.2 Å². The minimum atomic E-state index is -2.12. The molecular weight excluding hydrogens is 300 g/mol. The van der Waals surface area contributed by atoms with E-state index in [1.165, 1.54) is 6.42 Å². The third kappa shape index (κ3) is 4.25. The monoisotopic (exact) mass is 326 g/mol. The molecule has 1 aliphatic heterocycles. The number of esters is 2. The molecule has 1 unspecified atom stereocenters. The van der Waals surface area contributed by atoms with Crippen LogP contribution in [0.4, 0.5) is 0 Å². The first kappa shape index (κ1) is 17.8. The molecule has 0 aromatic rings. The molecule has 23 heavy (non-hydrogen) atoms. The minimum absolute atomic E-state index is 0.0933. The molecule has 0 aromatic heterocycles. The van der Waals surface area contributed by atoms with Crippen LogP contribution in [-0.4, -0.2) is 36.0 Å². The topological polar surface area (TPSA) is 82.1 Å². The van der Waals surface area contributed by atoms with E-state index in [9.17, 15) is 14.7 Å². The summed E-state index contributed by atoms with van der Waals surface area (Å²) in [6, 6.07) is 0. The summed E-state index contributed by atoms with van der Waals surface area (Å²) < 4.78 is 15.2. The lowest BCUT2D eigenvalue weighted by atomic mass is 9.76. The van der Waals surface area contributed by atoms with Gasteiger partial charge in [0, 0.05) is 6.42 Å². The Morgan fingerprint density at radius 2 is 1.87 bits per heavy atom. The Labute approximate surface area is 136 Å². The van der Waals surface area contributed by atoms with Crippen LogP contribution >= 0.6 is 0 Å². The molecule has 6 heteroatoms. The van der Waals surface area contributed by atoms with Crippen molar-refractivity contribution in [3.05, 3.63) is 11.8 Å². The van der Waals surface area contributed by atoms with Crippen molar-refractivity contribution in [3.8, 4) is 0 Å². The normalized spacial score (nSPS) is 28.5. The summed E-state index contributed by atoms with van der Waals surface area (Å²) in [5.74, 6) is -3.49.